The summed E-state index contributed by atoms with van der Waals surface area (Å²) in [5.41, 5.74) is -1.12. The van der Waals surface area contributed by atoms with Crippen molar-refractivity contribution in [2.45, 2.75) is 50.0 Å². The summed E-state index contributed by atoms with van der Waals surface area (Å²) < 4.78 is 42.0. The minimum Gasteiger partial charge on any atom is -0.465 e. The van der Waals surface area contributed by atoms with Crippen LogP contribution >= 0.6 is 0 Å². The fraction of sp³-hybridized carbons (Fsp3) is 0.600. The van der Waals surface area contributed by atoms with Gasteiger partial charge in [0.25, 0.3) is 0 Å². The van der Waals surface area contributed by atoms with E-state index in [1.807, 2.05) is 0 Å². The molecule has 0 bridgehead atoms. The van der Waals surface area contributed by atoms with Gasteiger partial charge in [-0.05, 0) is 30.5 Å². The average molecular weight is 430 g/mol. The van der Waals surface area contributed by atoms with Gasteiger partial charge in [-0.2, -0.15) is 0 Å². The number of nitrogens with zero attached hydrogens (tertiary/aromatic N) is 2. The van der Waals surface area contributed by atoms with Crippen molar-refractivity contribution in [3.05, 3.63) is 29.8 Å². The van der Waals surface area contributed by atoms with Crippen molar-refractivity contribution in [3.8, 4) is 5.75 Å². The molecule has 1 aliphatic heterocycles. The number of carbonyl (C=O) groups excluding carboxylic acids is 1. The van der Waals surface area contributed by atoms with Crippen molar-refractivity contribution >= 4 is 12.0 Å². The van der Waals surface area contributed by atoms with Crippen LogP contribution in [-0.4, -0.2) is 70.2 Å². The topological polar surface area (TPSA) is 90.3 Å². The zero-order valence-electron chi connectivity index (χ0n) is 16.4. The van der Waals surface area contributed by atoms with Crippen LogP contribution in [0.4, 0.5) is 18.0 Å². The molecule has 2 aliphatic rings. The molecule has 30 heavy (non-hydrogen) atoms. The lowest BCUT2D eigenvalue weighted by atomic mass is 9.72. The Morgan fingerprint density at radius 2 is 1.63 bits per heavy atom. The van der Waals surface area contributed by atoms with Gasteiger partial charge in [0.05, 0.1) is 11.5 Å². The number of rotatable bonds is 4. The maximum absolute atomic E-state index is 13.4. The standard InChI is InChI=1S/C20H25F3N2O5/c21-20(22,23)30-15-6-4-5-14(13-15)16(19(29)7-2-1-3-8-19)17(26)24-9-11-25(12-10-24)18(27)28/h4-6,13,16,29H,1-3,7-12H2,(H,27,28). The van der Waals surface area contributed by atoms with Gasteiger partial charge in [0.15, 0.2) is 0 Å². The molecular formula is C20H25F3N2O5. The highest BCUT2D eigenvalue weighted by Crippen LogP contribution is 2.42. The number of halogens is 3. The molecule has 10 heteroatoms. The van der Waals surface area contributed by atoms with Gasteiger partial charge < -0.3 is 24.7 Å². The first-order valence-electron chi connectivity index (χ1n) is 9.94. The molecule has 1 atom stereocenters. The number of ether oxygens (including phenoxy) is 1. The number of carbonyl (C=O) groups is 2. The number of hydrogen-bond donors (Lipinski definition) is 2. The Bertz CT molecular complexity index is 772. The van der Waals surface area contributed by atoms with Crippen LogP contribution in [0.5, 0.6) is 5.75 Å². The summed E-state index contributed by atoms with van der Waals surface area (Å²) in [6.07, 6.45) is -2.87. The molecule has 3 rings (SSSR count). The molecule has 1 unspecified atom stereocenters. The summed E-state index contributed by atoms with van der Waals surface area (Å²) in [5, 5.41) is 20.4. The second kappa shape index (κ2) is 8.71. The largest absolute Gasteiger partial charge is 0.573 e. The molecule has 7 nitrogen and oxygen atoms in total. The number of carboxylic acid groups (broad SMARTS) is 1. The predicted octanol–water partition coefficient (Wildman–Crippen LogP) is 3.19. The molecule has 1 aromatic rings. The molecule has 0 radical (unpaired) electrons. The summed E-state index contributed by atoms with van der Waals surface area (Å²) in [7, 11) is 0. The van der Waals surface area contributed by atoms with E-state index in [9.17, 15) is 27.9 Å². The van der Waals surface area contributed by atoms with Gasteiger partial charge in [0.2, 0.25) is 5.91 Å². The van der Waals surface area contributed by atoms with Crippen molar-refractivity contribution in [3.63, 3.8) is 0 Å². The fourth-order valence-electron chi connectivity index (χ4n) is 4.33. The summed E-state index contributed by atoms with van der Waals surface area (Å²) in [4.78, 5) is 27.2. The minimum atomic E-state index is -4.87. The second-order valence-corrected chi connectivity index (χ2v) is 7.81. The van der Waals surface area contributed by atoms with Crippen molar-refractivity contribution in [1.82, 2.24) is 9.80 Å². The Balaban J connectivity index is 1.89. The molecule has 2 fully saturated rings. The van der Waals surface area contributed by atoms with Crippen molar-refractivity contribution in [2.24, 2.45) is 0 Å². The lowest BCUT2D eigenvalue weighted by Crippen LogP contribution is -2.54. The van der Waals surface area contributed by atoms with E-state index in [-0.39, 0.29) is 31.7 Å². The van der Waals surface area contributed by atoms with Crippen molar-refractivity contribution < 1.29 is 37.7 Å². The van der Waals surface area contributed by atoms with E-state index in [1.54, 1.807) is 0 Å². The molecule has 166 valence electrons. The Morgan fingerprint density at radius 3 is 2.20 bits per heavy atom. The normalized spacial score (nSPS) is 20.5. The van der Waals surface area contributed by atoms with E-state index in [1.165, 1.54) is 21.9 Å². The number of alkyl halides is 3. The quantitative estimate of drug-likeness (QED) is 0.766. The molecular weight excluding hydrogens is 405 g/mol. The van der Waals surface area contributed by atoms with Crippen LogP contribution in [0, 0.1) is 0 Å². The van der Waals surface area contributed by atoms with E-state index in [0.29, 0.717) is 25.7 Å². The third-order valence-corrected chi connectivity index (χ3v) is 5.79. The molecule has 0 spiro atoms. The first-order valence-corrected chi connectivity index (χ1v) is 9.94. The number of aliphatic hydroxyl groups is 1. The van der Waals surface area contributed by atoms with Crippen LogP contribution in [0.15, 0.2) is 24.3 Å². The van der Waals surface area contributed by atoms with Crippen molar-refractivity contribution in [1.29, 1.82) is 0 Å². The summed E-state index contributed by atoms with van der Waals surface area (Å²) in [6.45, 7) is 0.611. The molecule has 1 heterocycles. The highest BCUT2D eigenvalue weighted by atomic mass is 19.4. The fourth-order valence-corrected chi connectivity index (χ4v) is 4.33. The van der Waals surface area contributed by atoms with E-state index in [0.717, 1.165) is 18.6 Å². The molecule has 1 saturated heterocycles. The van der Waals surface area contributed by atoms with Crippen LogP contribution in [0.25, 0.3) is 0 Å². The van der Waals surface area contributed by atoms with Crippen LogP contribution in [0.1, 0.15) is 43.6 Å². The van der Waals surface area contributed by atoms with Crippen LogP contribution < -0.4 is 4.74 Å². The van der Waals surface area contributed by atoms with E-state index < -0.39 is 35.6 Å². The second-order valence-electron chi connectivity index (χ2n) is 7.81. The summed E-state index contributed by atoms with van der Waals surface area (Å²) >= 11 is 0. The molecule has 1 aromatic carbocycles. The van der Waals surface area contributed by atoms with Crippen LogP contribution in [-0.2, 0) is 4.79 Å². The predicted molar refractivity (Wildman–Crippen MR) is 100 cm³/mol. The Kier molecular flexibility index (Phi) is 6.44. The van der Waals surface area contributed by atoms with Crippen molar-refractivity contribution in [2.75, 3.05) is 26.2 Å². The molecule has 1 saturated carbocycles. The maximum Gasteiger partial charge on any atom is 0.573 e. The molecule has 1 aliphatic carbocycles. The minimum absolute atomic E-state index is 0.142. The van der Waals surface area contributed by atoms with Gasteiger partial charge in [-0.1, -0.05) is 31.4 Å². The number of hydrogen-bond acceptors (Lipinski definition) is 4. The van der Waals surface area contributed by atoms with Gasteiger partial charge in [-0.25, -0.2) is 4.79 Å². The third-order valence-electron chi connectivity index (χ3n) is 5.79. The van der Waals surface area contributed by atoms with E-state index in [4.69, 9.17) is 5.11 Å². The van der Waals surface area contributed by atoms with Gasteiger partial charge in [-0.15, -0.1) is 13.2 Å². The first-order chi connectivity index (χ1) is 14.1. The van der Waals surface area contributed by atoms with Gasteiger partial charge in [-0.3, -0.25) is 4.79 Å². The number of amides is 2. The Labute approximate surface area is 172 Å². The Hall–Kier alpha value is -2.49. The van der Waals surface area contributed by atoms with Gasteiger partial charge >= 0.3 is 12.5 Å². The monoisotopic (exact) mass is 430 g/mol. The Morgan fingerprint density at radius 1 is 1.03 bits per heavy atom. The van der Waals surface area contributed by atoms with Crippen LogP contribution in [0.2, 0.25) is 0 Å². The lowest BCUT2D eigenvalue weighted by molar-refractivity contribution is -0.274. The maximum atomic E-state index is 13.4. The first kappa shape index (κ1) is 22.2. The average Bonchev–Trinajstić information content (AvgIpc) is 2.67. The third kappa shape index (κ3) is 5.16. The van der Waals surface area contributed by atoms with Gasteiger partial charge in [0, 0.05) is 26.2 Å². The van der Waals surface area contributed by atoms with Gasteiger partial charge in [0.1, 0.15) is 5.75 Å². The number of benzene rings is 1. The summed E-state index contributed by atoms with van der Waals surface area (Å²) in [5.74, 6) is -1.91. The van der Waals surface area contributed by atoms with E-state index in [2.05, 4.69) is 4.74 Å². The van der Waals surface area contributed by atoms with Crippen LogP contribution in [0.3, 0.4) is 0 Å². The molecule has 0 aromatic heterocycles. The SMILES string of the molecule is O=C(O)N1CCN(C(=O)C(c2cccc(OC(F)(F)F)c2)C2(O)CCCCC2)CC1. The summed E-state index contributed by atoms with van der Waals surface area (Å²) in [6, 6.07) is 5.18. The molecule has 2 amide bonds. The number of piperazine rings is 1. The highest BCUT2D eigenvalue weighted by Gasteiger charge is 2.45. The molecule has 2 N–H and O–H groups in total. The zero-order chi connectivity index (χ0) is 21.9. The smallest absolute Gasteiger partial charge is 0.465 e. The highest BCUT2D eigenvalue weighted by molar-refractivity contribution is 5.85. The van der Waals surface area contributed by atoms with E-state index >= 15 is 0 Å². The zero-order valence-corrected chi connectivity index (χ0v) is 16.4. The lowest BCUT2D eigenvalue weighted by Gasteiger charge is -2.42.